The first-order valence-corrected chi connectivity index (χ1v) is 7.72. The minimum Gasteiger partial charge on any atom is -0.298 e. The van der Waals surface area contributed by atoms with Crippen LogP contribution in [0.2, 0.25) is 5.02 Å². The van der Waals surface area contributed by atoms with Gasteiger partial charge >= 0.3 is 0 Å². The summed E-state index contributed by atoms with van der Waals surface area (Å²) in [5.41, 5.74) is 1.94. The zero-order valence-corrected chi connectivity index (χ0v) is 13.6. The van der Waals surface area contributed by atoms with Crippen LogP contribution in [-0.2, 0) is 0 Å². The predicted molar refractivity (Wildman–Crippen MR) is 84.6 cm³/mol. The molecule has 1 saturated heterocycles. The highest BCUT2D eigenvalue weighted by molar-refractivity contribution is 6.31. The Bertz CT molecular complexity index is 504. The molecule has 1 heterocycles. The fourth-order valence-corrected chi connectivity index (χ4v) is 3.05. The molecule has 0 amide bonds. The fourth-order valence-electron chi connectivity index (χ4n) is 2.88. The highest BCUT2D eigenvalue weighted by atomic mass is 35.5. The number of Topliss-reactive ketones (excluding diaryl/α,β-unsaturated/α-hetero) is 1. The molecule has 0 unspecified atom stereocenters. The third kappa shape index (κ3) is 3.42. The maximum Gasteiger partial charge on any atom is 0.167 e. The number of piperidine rings is 1. The molecular formula is C17H24ClNO. The lowest BCUT2D eigenvalue weighted by Gasteiger charge is -2.41. The number of likely N-dealkylation sites (tertiary alicyclic amines) is 1. The first-order chi connectivity index (χ1) is 9.29. The van der Waals surface area contributed by atoms with Crippen LogP contribution >= 0.6 is 11.6 Å². The van der Waals surface area contributed by atoms with Gasteiger partial charge in [-0.15, -0.1) is 0 Å². The third-order valence-corrected chi connectivity index (χ3v) is 4.44. The molecule has 0 aromatic heterocycles. The maximum absolute atomic E-state index is 12.8. The topological polar surface area (TPSA) is 20.3 Å². The van der Waals surface area contributed by atoms with Gasteiger partial charge in [-0.05, 0) is 64.8 Å². The maximum atomic E-state index is 12.8. The van der Waals surface area contributed by atoms with Gasteiger partial charge in [-0.1, -0.05) is 17.7 Å². The van der Waals surface area contributed by atoms with Crippen molar-refractivity contribution in [2.24, 2.45) is 5.92 Å². The summed E-state index contributed by atoms with van der Waals surface area (Å²) in [5, 5.41) is 0.641. The van der Waals surface area contributed by atoms with E-state index in [2.05, 4.69) is 25.7 Å². The van der Waals surface area contributed by atoms with Crippen molar-refractivity contribution >= 4 is 17.4 Å². The lowest BCUT2D eigenvalue weighted by Crippen LogP contribution is -2.48. The predicted octanol–water partition coefficient (Wildman–Crippen LogP) is 4.34. The molecule has 1 aromatic rings. The number of ketones is 1. The molecule has 1 atom stereocenters. The Kier molecular flexibility index (Phi) is 4.55. The Morgan fingerprint density at radius 3 is 2.70 bits per heavy atom. The van der Waals surface area contributed by atoms with Gasteiger partial charge in [0.1, 0.15) is 0 Å². The van der Waals surface area contributed by atoms with Crippen LogP contribution in [0.1, 0.15) is 49.5 Å². The molecule has 1 fully saturated rings. The Morgan fingerprint density at radius 2 is 2.05 bits per heavy atom. The summed E-state index contributed by atoms with van der Waals surface area (Å²) in [5.74, 6) is 0.346. The van der Waals surface area contributed by atoms with Gasteiger partial charge in [-0.2, -0.15) is 0 Å². The molecule has 1 aliphatic rings. The van der Waals surface area contributed by atoms with Crippen molar-refractivity contribution in [3.63, 3.8) is 0 Å². The molecule has 110 valence electrons. The van der Waals surface area contributed by atoms with E-state index in [4.69, 9.17) is 11.6 Å². The van der Waals surface area contributed by atoms with Crippen molar-refractivity contribution in [3.8, 4) is 0 Å². The lowest BCUT2D eigenvalue weighted by molar-refractivity contribution is 0.0616. The molecule has 1 aliphatic heterocycles. The zero-order valence-electron chi connectivity index (χ0n) is 12.9. The van der Waals surface area contributed by atoms with E-state index in [9.17, 15) is 4.79 Å². The molecule has 0 bridgehead atoms. The second-order valence-corrected chi connectivity index (χ2v) is 7.22. The molecule has 1 aromatic carbocycles. The van der Waals surface area contributed by atoms with Gasteiger partial charge in [0.2, 0.25) is 0 Å². The third-order valence-electron chi connectivity index (χ3n) is 4.21. The number of rotatable bonds is 2. The van der Waals surface area contributed by atoms with Crippen LogP contribution in [-0.4, -0.2) is 29.3 Å². The zero-order chi connectivity index (χ0) is 14.9. The number of hydrogen-bond acceptors (Lipinski definition) is 2. The van der Waals surface area contributed by atoms with E-state index < -0.39 is 0 Å². The SMILES string of the molecule is Cc1ccc(Cl)cc1C(=O)[C@@H]1CCCN(C(C)(C)C)C1. The summed E-state index contributed by atoms with van der Waals surface area (Å²) in [7, 11) is 0. The monoisotopic (exact) mass is 293 g/mol. The largest absolute Gasteiger partial charge is 0.298 e. The molecule has 0 radical (unpaired) electrons. The number of hydrogen-bond donors (Lipinski definition) is 0. The molecule has 3 heteroatoms. The average molecular weight is 294 g/mol. The van der Waals surface area contributed by atoms with E-state index in [-0.39, 0.29) is 17.2 Å². The number of carbonyl (C=O) groups excluding carboxylic acids is 1. The molecule has 2 nitrogen and oxygen atoms in total. The summed E-state index contributed by atoms with van der Waals surface area (Å²) < 4.78 is 0. The minimum atomic E-state index is 0.0974. The van der Waals surface area contributed by atoms with Crippen LogP contribution in [0.5, 0.6) is 0 Å². The van der Waals surface area contributed by atoms with Crippen LogP contribution in [0.4, 0.5) is 0 Å². The molecule has 0 aliphatic carbocycles. The highest BCUT2D eigenvalue weighted by Gasteiger charge is 2.32. The molecule has 0 N–H and O–H groups in total. The van der Waals surface area contributed by atoms with Crippen LogP contribution in [0, 0.1) is 12.8 Å². The van der Waals surface area contributed by atoms with E-state index >= 15 is 0 Å². The molecular weight excluding hydrogens is 270 g/mol. The van der Waals surface area contributed by atoms with E-state index in [1.807, 2.05) is 25.1 Å². The van der Waals surface area contributed by atoms with E-state index in [1.54, 1.807) is 0 Å². The summed E-state index contributed by atoms with van der Waals surface area (Å²) in [6.07, 6.45) is 2.07. The van der Waals surface area contributed by atoms with Crippen molar-refractivity contribution < 1.29 is 4.79 Å². The van der Waals surface area contributed by atoms with Crippen molar-refractivity contribution in [1.29, 1.82) is 0 Å². The van der Waals surface area contributed by atoms with Crippen molar-refractivity contribution in [2.45, 2.75) is 46.1 Å². The van der Waals surface area contributed by atoms with Gasteiger partial charge in [-0.3, -0.25) is 9.69 Å². The average Bonchev–Trinajstić information content (AvgIpc) is 2.40. The van der Waals surface area contributed by atoms with Gasteiger partial charge in [0.05, 0.1) is 0 Å². The highest BCUT2D eigenvalue weighted by Crippen LogP contribution is 2.27. The molecule has 20 heavy (non-hydrogen) atoms. The number of nitrogens with zero attached hydrogens (tertiary/aromatic N) is 1. The Balaban J connectivity index is 2.18. The van der Waals surface area contributed by atoms with E-state index in [0.717, 1.165) is 37.1 Å². The quantitative estimate of drug-likeness (QED) is 0.756. The Hall–Kier alpha value is -0.860. The van der Waals surface area contributed by atoms with E-state index in [1.165, 1.54) is 0 Å². The molecule has 0 saturated carbocycles. The summed E-state index contributed by atoms with van der Waals surface area (Å²) in [4.78, 5) is 15.2. The number of halogens is 1. The lowest BCUT2D eigenvalue weighted by atomic mass is 9.86. The molecule has 2 rings (SSSR count). The second kappa shape index (κ2) is 5.87. The van der Waals surface area contributed by atoms with Crippen LogP contribution in [0.3, 0.4) is 0 Å². The molecule has 0 spiro atoms. The number of benzene rings is 1. The van der Waals surface area contributed by atoms with Crippen molar-refractivity contribution in [3.05, 3.63) is 34.3 Å². The van der Waals surface area contributed by atoms with Gasteiger partial charge in [0.15, 0.2) is 5.78 Å². The van der Waals surface area contributed by atoms with Crippen molar-refractivity contribution in [2.75, 3.05) is 13.1 Å². The normalized spacial score (nSPS) is 20.9. The Labute approximate surface area is 127 Å². The second-order valence-electron chi connectivity index (χ2n) is 6.78. The van der Waals surface area contributed by atoms with Crippen LogP contribution in [0.25, 0.3) is 0 Å². The Morgan fingerprint density at radius 1 is 1.35 bits per heavy atom. The van der Waals surface area contributed by atoms with Crippen LogP contribution < -0.4 is 0 Å². The first-order valence-electron chi connectivity index (χ1n) is 7.34. The van der Waals surface area contributed by atoms with Gasteiger partial charge < -0.3 is 0 Å². The summed E-state index contributed by atoms with van der Waals surface area (Å²) in [6.45, 7) is 10.6. The standard InChI is InChI=1S/C17H24ClNO/c1-12-7-8-14(18)10-15(12)16(20)13-6-5-9-19(11-13)17(2,3)4/h7-8,10,13H,5-6,9,11H2,1-4H3/t13-/m1/s1. The number of carbonyl (C=O) groups is 1. The fraction of sp³-hybridized carbons (Fsp3) is 0.588. The number of aryl methyl sites for hydroxylation is 1. The van der Waals surface area contributed by atoms with Gasteiger partial charge in [0, 0.05) is 28.6 Å². The smallest absolute Gasteiger partial charge is 0.167 e. The summed E-state index contributed by atoms with van der Waals surface area (Å²) in [6, 6.07) is 5.59. The van der Waals surface area contributed by atoms with E-state index in [0.29, 0.717) is 5.02 Å². The first kappa shape index (κ1) is 15.5. The van der Waals surface area contributed by atoms with Gasteiger partial charge in [0.25, 0.3) is 0 Å². The van der Waals surface area contributed by atoms with Crippen molar-refractivity contribution in [1.82, 2.24) is 4.90 Å². The van der Waals surface area contributed by atoms with Gasteiger partial charge in [-0.25, -0.2) is 0 Å². The minimum absolute atomic E-state index is 0.0974. The summed E-state index contributed by atoms with van der Waals surface area (Å²) >= 11 is 6.04. The van der Waals surface area contributed by atoms with Crippen LogP contribution in [0.15, 0.2) is 18.2 Å².